The number of unbranched alkanes of at least 4 members (excludes halogenated alkanes) is 4. The van der Waals surface area contributed by atoms with Crippen molar-refractivity contribution in [2.24, 2.45) is 0 Å². The number of phosphoric acid groups is 1. The van der Waals surface area contributed by atoms with E-state index < -0.39 is 7.82 Å². The van der Waals surface area contributed by atoms with Gasteiger partial charge in [0.15, 0.2) is 0 Å². The normalized spacial score (nSPS) is 15.0. The lowest BCUT2D eigenvalue weighted by atomic mass is 9.99. The fourth-order valence-electron chi connectivity index (χ4n) is 4.66. The molecule has 0 aliphatic heterocycles. The molecule has 182 valence electrons. The van der Waals surface area contributed by atoms with Crippen LogP contribution in [0.4, 0.5) is 0 Å². The minimum Gasteiger partial charge on any atom is -0.395 e. The highest BCUT2D eigenvalue weighted by Gasteiger charge is 2.30. The maximum Gasteiger partial charge on any atom is 0.584 e. The number of phosphoric ester groups is 1. The van der Waals surface area contributed by atoms with Crippen LogP contribution < -0.4 is 9.05 Å². The largest absolute Gasteiger partial charge is 0.584 e. The van der Waals surface area contributed by atoms with E-state index in [9.17, 15) is 9.46 Å². The Kier molecular flexibility index (Phi) is 9.89. The van der Waals surface area contributed by atoms with Crippen LogP contribution in [0.1, 0.15) is 100.0 Å². The Morgan fingerprint density at radius 3 is 2.00 bits per heavy atom. The second kappa shape index (κ2) is 12.6. The van der Waals surface area contributed by atoms with Crippen molar-refractivity contribution >= 4 is 7.82 Å². The van der Waals surface area contributed by atoms with Gasteiger partial charge in [-0.3, -0.25) is 4.89 Å². The molecule has 1 aliphatic carbocycles. The van der Waals surface area contributed by atoms with Crippen molar-refractivity contribution in [3.05, 3.63) is 58.1 Å². The van der Waals surface area contributed by atoms with Crippen LogP contribution in [0.15, 0.2) is 30.3 Å². The van der Waals surface area contributed by atoms with Crippen LogP contribution in [0.3, 0.4) is 0 Å². The highest BCUT2D eigenvalue weighted by atomic mass is 31.2. The van der Waals surface area contributed by atoms with E-state index in [1.165, 1.54) is 43.2 Å². The van der Waals surface area contributed by atoms with Gasteiger partial charge in [-0.25, -0.2) is 4.57 Å². The van der Waals surface area contributed by atoms with Crippen LogP contribution in [0.5, 0.6) is 11.5 Å². The third-order valence-electron chi connectivity index (χ3n) is 6.51. The molecule has 0 saturated carbocycles. The van der Waals surface area contributed by atoms with Crippen LogP contribution in [0, 0.1) is 0 Å². The summed E-state index contributed by atoms with van der Waals surface area (Å²) in [6.07, 6.45) is 13.8. The van der Waals surface area contributed by atoms with Gasteiger partial charge in [-0.1, -0.05) is 70.7 Å². The molecule has 5 heteroatoms. The molecule has 2 aromatic rings. The number of fused-ring (bicyclic) bond motifs is 2. The van der Waals surface area contributed by atoms with E-state index in [-0.39, 0.29) is 0 Å². The molecule has 0 aromatic heterocycles. The molecule has 0 heterocycles. The number of rotatable bonds is 13. The van der Waals surface area contributed by atoms with Gasteiger partial charge >= 0.3 is 7.82 Å². The lowest BCUT2D eigenvalue weighted by Gasteiger charge is -2.20. The van der Waals surface area contributed by atoms with Crippen molar-refractivity contribution in [2.75, 3.05) is 0 Å². The fourth-order valence-corrected chi connectivity index (χ4v) is 5.59. The monoisotopic (exact) mass is 472 g/mol. The third-order valence-corrected chi connectivity index (χ3v) is 7.35. The Morgan fingerprint density at radius 2 is 1.42 bits per heavy atom. The quantitative estimate of drug-likeness (QED) is 0.236. The molecule has 0 spiro atoms. The summed E-state index contributed by atoms with van der Waals surface area (Å²) in [6, 6.07) is 10.3. The Balaban J connectivity index is 1.77. The Bertz CT molecular complexity index is 926. The molecule has 4 nitrogen and oxygen atoms in total. The summed E-state index contributed by atoms with van der Waals surface area (Å²) in [5, 5.41) is 0. The zero-order valence-corrected chi connectivity index (χ0v) is 21.6. The van der Waals surface area contributed by atoms with E-state index in [4.69, 9.17) is 9.05 Å². The smallest absolute Gasteiger partial charge is 0.395 e. The Morgan fingerprint density at radius 1 is 0.818 bits per heavy atom. The van der Waals surface area contributed by atoms with Gasteiger partial charge in [0, 0.05) is 0 Å². The van der Waals surface area contributed by atoms with E-state index in [1.807, 2.05) is 19.1 Å². The molecule has 0 radical (unpaired) electrons. The van der Waals surface area contributed by atoms with Crippen molar-refractivity contribution < 1.29 is 18.5 Å². The molecule has 33 heavy (non-hydrogen) atoms. The summed E-state index contributed by atoms with van der Waals surface area (Å²) in [4.78, 5) is 10.7. The van der Waals surface area contributed by atoms with Gasteiger partial charge in [-0.2, -0.15) is 0 Å². The van der Waals surface area contributed by atoms with E-state index in [0.717, 1.165) is 68.1 Å². The first-order chi connectivity index (χ1) is 16.0. The van der Waals surface area contributed by atoms with Gasteiger partial charge in [0.2, 0.25) is 0 Å². The highest BCUT2D eigenvalue weighted by Crippen LogP contribution is 2.48. The van der Waals surface area contributed by atoms with Crippen LogP contribution >= 0.6 is 7.82 Å². The minimum atomic E-state index is -4.31. The molecule has 1 N–H and O–H groups in total. The third kappa shape index (κ3) is 7.62. The molecule has 3 rings (SSSR count). The van der Waals surface area contributed by atoms with Gasteiger partial charge in [0.05, 0.1) is 0 Å². The van der Waals surface area contributed by atoms with Crippen LogP contribution in [0.2, 0.25) is 0 Å². The van der Waals surface area contributed by atoms with Crippen LogP contribution in [0.25, 0.3) is 0 Å². The summed E-state index contributed by atoms with van der Waals surface area (Å²) in [5.74, 6) is 1.00. The first-order valence-corrected chi connectivity index (χ1v) is 14.4. The number of aryl methyl sites for hydroxylation is 5. The summed E-state index contributed by atoms with van der Waals surface area (Å²) in [7, 11) is -4.31. The van der Waals surface area contributed by atoms with Crippen molar-refractivity contribution in [1.82, 2.24) is 0 Å². The van der Waals surface area contributed by atoms with Gasteiger partial charge in [0.25, 0.3) is 0 Å². The molecule has 1 unspecified atom stereocenters. The Labute approximate surface area is 200 Å². The zero-order chi connectivity index (χ0) is 23.7. The standard InChI is InChI=1S/C28H41O4P/c1-4-7-9-13-22-17-18-27(24(6-3)19-22)31-33(29,30)32-28-25-15-11-12-16-26(28)21-23(20-25)14-10-8-5-2/h17-21H,4-16H2,1-3H3,(H,29,30). The minimum absolute atomic E-state index is 0.441. The lowest BCUT2D eigenvalue weighted by molar-refractivity contribution is 0.288. The number of hydrogen-bond acceptors (Lipinski definition) is 3. The van der Waals surface area contributed by atoms with Gasteiger partial charge < -0.3 is 9.05 Å². The summed E-state index contributed by atoms with van der Waals surface area (Å²) >= 11 is 0. The Hall–Kier alpha value is -1.77. The number of hydrogen-bond donors (Lipinski definition) is 1. The van der Waals surface area contributed by atoms with Crippen molar-refractivity contribution in [1.29, 1.82) is 0 Å². The van der Waals surface area contributed by atoms with E-state index >= 15 is 0 Å². The molecule has 2 bridgehead atoms. The second-order valence-corrected chi connectivity index (χ2v) is 10.6. The molecule has 1 aliphatic rings. The van der Waals surface area contributed by atoms with Crippen LogP contribution in [-0.2, 0) is 36.7 Å². The van der Waals surface area contributed by atoms with Crippen molar-refractivity contribution in [2.45, 2.75) is 104 Å². The SMILES string of the molecule is CCCCCc1ccc(OP(=O)(O)Oc2c3cc(CCCCC)cc2CCCC3)c(CC)c1. The van der Waals surface area contributed by atoms with Crippen molar-refractivity contribution in [3.8, 4) is 11.5 Å². The molecular weight excluding hydrogens is 431 g/mol. The van der Waals surface area contributed by atoms with Gasteiger partial charge in [-0.15, -0.1) is 0 Å². The fraction of sp³-hybridized carbons (Fsp3) is 0.571. The van der Waals surface area contributed by atoms with Crippen molar-refractivity contribution in [3.63, 3.8) is 0 Å². The molecule has 0 fully saturated rings. The maximum atomic E-state index is 13.1. The first kappa shape index (κ1) is 25.8. The summed E-state index contributed by atoms with van der Waals surface area (Å²) in [6.45, 7) is 6.45. The van der Waals surface area contributed by atoms with E-state index in [0.29, 0.717) is 11.5 Å². The van der Waals surface area contributed by atoms with Gasteiger partial charge in [-0.05, 0) is 91.7 Å². The predicted octanol–water partition coefficient (Wildman–Crippen LogP) is 8.15. The molecule has 1 atom stereocenters. The topological polar surface area (TPSA) is 55.8 Å². The van der Waals surface area contributed by atoms with Gasteiger partial charge in [0.1, 0.15) is 11.5 Å². The zero-order valence-electron chi connectivity index (χ0n) is 20.7. The second-order valence-electron chi connectivity index (χ2n) is 9.31. The first-order valence-electron chi connectivity index (χ1n) is 12.9. The average molecular weight is 473 g/mol. The molecule has 0 saturated heterocycles. The molecular formula is C28H41O4P. The predicted molar refractivity (Wildman–Crippen MR) is 136 cm³/mol. The average Bonchev–Trinajstić information content (AvgIpc) is 2.89. The number of benzene rings is 2. The summed E-state index contributed by atoms with van der Waals surface area (Å²) < 4.78 is 24.5. The highest BCUT2D eigenvalue weighted by molar-refractivity contribution is 7.48. The summed E-state index contributed by atoms with van der Waals surface area (Å²) in [5.41, 5.74) is 5.57. The van der Waals surface area contributed by atoms with E-state index in [1.54, 1.807) is 0 Å². The van der Waals surface area contributed by atoms with E-state index in [2.05, 4.69) is 32.0 Å². The molecule has 2 aromatic carbocycles. The maximum absolute atomic E-state index is 13.1. The van der Waals surface area contributed by atoms with Crippen LogP contribution in [-0.4, -0.2) is 4.89 Å². The molecule has 0 amide bonds. The lowest BCUT2D eigenvalue weighted by Crippen LogP contribution is -2.06.